The Morgan fingerprint density at radius 3 is 2.64 bits per heavy atom. The lowest BCUT2D eigenvalue weighted by Crippen LogP contribution is -2.22. The Balaban J connectivity index is 1.77. The normalized spacial score (nSPS) is 12.0. The summed E-state index contributed by atoms with van der Waals surface area (Å²) >= 11 is 1.33. The van der Waals surface area contributed by atoms with E-state index in [1.165, 1.54) is 17.3 Å². The Bertz CT molecular complexity index is 878. The summed E-state index contributed by atoms with van der Waals surface area (Å²) in [5.74, 6) is -0.0910. The van der Waals surface area contributed by atoms with E-state index in [2.05, 4.69) is 20.8 Å². The van der Waals surface area contributed by atoms with Gasteiger partial charge in [-0.15, -0.1) is 5.10 Å². The molecule has 1 heterocycles. The Labute approximate surface area is 150 Å². The highest BCUT2D eigenvalue weighted by molar-refractivity contribution is 8.00. The second-order valence-electron chi connectivity index (χ2n) is 5.71. The lowest BCUT2D eigenvalue weighted by atomic mass is 10.1. The maximum atomic E-state index is 12.4. The third kappa shape index (κ3) is 3.88. The zero-order valence-electron chi connectivity index (χ0n) is 14.3. The summed E-state index contributed by atoms with van der Waals surface area (Å²) in [6.07, 6.45) is 0. The molecule has 0 radical (unpaired) electrons. The third-order valence-corrected chi connectivity index (χ3v) is 4.97. The number of amides is 1. The van der Waals surface area contributed by atoms with Crippen LogP contribution in [0.1, 0.15) is 18.1 Å². The Kier molecular flexibility index (Phi) is 5.14. The topological polar surface area (TPSA) is 72.7 Å². The van der Waals surface area contributed by atoms with Gasteiger partial charge in [0.25, 0.3) is 0 Å². The number of nitrogens with zero attached hydrogens (tertiary/aromatic N) is 4. The van der Waals surface area contributed by atoms with Crippen molar-refractivity contribution < 1.29 is 4.79 Å². The minimum Gasteiger partial charge on any atom is -0.325 e. The number of anilines is 1. The SMILES string of the molecule is Cc1cccc(-n2nnnc2SC(C)C(=O)Nc2ccccc2)c1C. The van der Waals surface area contributed by atoms with Crippen molar-refractivity contribution in [3.8, 4) is 5.69 Å². The summed E-state index contributed by atoms with van der Waals surface area (Å²) in [5.41, 5.74) is 3.97. The Hall–Kier alpha value is -2.67. The molecule has 0 aliphatic rings. The quantitative estimate of drug-likeness (QED) is 0.712. The van der Waals surface area contributed by atoms with Crippen LogP contribution in [0.25, 0.3) is 5.69 Å². The van der Waals surface area contributed by atoms with Crippen molar-refractivity contribution in [2.75, 3.05) is 5.32 Å². The average molecular weight is 353 g/mol. The van der Waals surface area contributed by atoms with Crippen LogP contribution in [0.4, 0.5) is 5.69 Å². The van der Waals surface area contributed by atoms with Gasteiger partial charge in [0, 0.05) is 5.69 Å². The molecule has 1 atom stereocenters. The van der Waals surface area contributed by atoms with E-state index >= 15 is 0 Å². The molecule has 25 heavy (non-hydrogen) atoms. The first-order chi connectivity index (χ1) is 12.1. The highest BCUT2D eigenvalue weighted by Gasteiger charge is 2.20. The fourth-order valence-electron chi connectivity index (χ4n) is 2.35. The van der Waals surface area contributed by atoms with Crippen molar-refractivity contribution >= 4 is 23.4 Å². The number of carbonyl (C=O) groups is 1. The predicted octanol–water partition coefficient (Wildman–Crippen LogP) is 3.40. The van der Waals surface area contributed by atoms with Gasteiger partial charge in [-0.05, 0) is 60.5 Å². The zero-order valence-corrected chi connectivity index (χ0v) is 15.1. The molecule has 2 aromatic carbocycles. The van der Waals surface area contributed by atoms with Gasteiger partial charge in [0.1, 0.15) is 0 Å². The van der Waals surface area contributed by atoms with Crippen LogP contribution in [0, 0.1) is 13.8 Å². The molecule has 1 amide bonds. The van der Waals surface area contributed by atoms with E-state index < -0.39 is 0 Å². The molecule has 0 aliphatic heterocycles. The summed E-state index contributed by atoms with van der Waals surface area (Å²) < 4.78 is 1.68. The van der Waals surface area contributed by atoms with Gasteiger partial charge in [-0.3, -0.25) is 4.79 Å². The minimum absolute atomic E-state index is 0.0910. The standard InChI is InChI=1S/C18H19N5OS/c1-12-8-7-11-16(13(12)2)23-18(20-21-22-23)25-14(3)17(24)19-15-9-5-4-6-10-15/h4-11,14H,1-3H3,(H,19,24). The molecule has 0 fully saturated rings. The van der Waals surface area contributed by atoms with Crippen molar-refractivity contribution in [2.24, 2.45) is 0 Å². The number of tetrazole rings is 1. The maximum absolute atomic E-state index is 12.4. The van der Waals surface area contributed by atoms with Crippen LogP contribution >= 0.6 is 11.8 Å². The number of hydrogen-bond acceptors (Lipinski definition) is 5. The molecule has 3 aromatic rings. The van der Waals surface area contributed by atoms with Gasteiger partial charge in [-0.25, -0.2) is 0 Å². The van der Waals surface area contributed by atoms with Crippen LogP contribution in [-0.2, 0) is 4.79 Å². The second-order valence-corrected chi connectivity index (χ2v) is 7.02. The predicted molar refractivity (Wildman–Crippen MR) is 99.0 cm³/mol. The lowest BCUT2D eigenvalue weighted by Gasteiger charge is -2.13. The number of nitrogens with one attached hydrogen (secondary N) is 1. The van der Waals surface area contributed by atoms with E-state index in [1.807, 2.05) is 69.3 Å². The minimum atomic E-state index is -0.338. The van der Waals surface area contributed by atoms with Crippen LogP contribution in [0.3, 0.4) is 0 Å². The largest absolute Gasteiger partial charge is 0.325 e. The van der Waals surface area contributed by atoms with E-state index in [-0.39, 0.29) is 11.2 Å². The first-order valence-corrected chi connectivity index (χ1v) is 8.82. The summed E-state index contributed by atoms with van der Waals surface area (Å²) in [6, 6.07) is 15.4. The number of carbonyl (C=O) groups excluding carboxylic acids is 1. The van der Waals surface area contributed by atoms with Crippen molar-refractivity contribution in [1.29, 1.82) is 0 Å². The number of aryl methyl sites for hydroxylation is 1. The van der Waals surface area contributed by atoms with Crippen LogP contribution in [0.2, 0.25) is 0 Å². The van der Waals surface area contributed by atoms with Crippen LogP contribution in [-0.4, -0.2) is 31.4 Å². The highest BCUT2D eigenvalue weighted by Crippen LogP contribution is 2.26. The van der Waals surface area contributed by atoms with E-state index in [1.54, 1.807) is 4.68 Å². The summed E-state index contributed by atoms with van der Waals surface area (Å²) in [5, 5.41) is 15.1. The number of rotatable bonds is 5. The Morgan fingerprint density at radius 2 is 1.88 bits per heavy atom. The Morgan fingerprint density at radius 1 is 1.12 bits per heavy atom. The van der Waals surface area contributed by atoms with E-state index in [9.17, 15) is 4.79 Å². The molecule has 0 aliphatic carbocycles. The number of aromatic nitrogens is 4. The van der Waals surface area contributed by atoms with Gasteiger partial charge in [0.2, 0.25) is 11.1 Å². The van der Waals surface area contributed by atoms with Crippen molar-refractivity contribution in [1.82, 2.24) is 20.2 Å². The van der Waals surface area contributed by atoms with Gasteiger partial charge >= 0.3 is 0 Å². The highest BCUT2D eigenvalue weighted by atomic mass is 32.2. The molecule has 7 heteroatoms. The van der Waals surface area contributed by atoms with E-state index in [0.717, 1.165) is 16.9 Å². The molecule has 0 bridgehead atoms. The first kappa shape index (κ1) is 17.2. The summed E-state index contributed by atoms with van der Waals surface area (Å²) in [6.45, 7) is 5.92. The van der Waals surface area contributed by atoms with Crippen LogP contribution < -0.4 is 5.32 Å². The number of para-hydroxylation sites is 1. The average Bonchev–Trinajstić information content (AvgIpc) is 3.06. The monoisotopic (exact) mass is 353 g/mol. The molecular weight excluding hydrogens is 334 g/mol. The van der Waals surface area contributed by atoms with Gasteiger partial charge in [-0.1, -0.05) is 42.1 Å². The molecule has 128 valence electrons. The fourth-order valence-corrected chi connectivity index (χ4v) is 3.15. The van der Waals surface area contributed by atoms with Crippen molar-refractivity contribution in [3.63, 3.8) is 0 Å². The molecule has 0 saturated carbocycles. The van der Waals surface area contributed by atoms with Gasteiger partial charge in [-0.2, -0.15) is 4.68 Å². The first-order valence-electron chi connectivity index (χ1n) is 7.94. The number of benzene rings is 2. The van der Waals surface area contributed by atoms with Gasteiger partial charge in [0.15, 0.2) is 0 Å². The summed E-state index contributed by atoms with van der Waals surface area (Å²) in [4.78, 5) is 12.4. The second kappa shape index (κ2) is 7.48. The molecule has 6 nitrogen and oxygen atoms in total. The summed E-state index contributed by atoms with van der Waals surface area (Å²) in [7, 11) is 0. The molecule has 1 aromatic heterocycles. The number of hydrogen-bond donors (Lipinski definition) is 1. The zero-order chi connectivity index (χ0) is 17.8. The van der Waals surface area contributed by atoms with Crippen LogP contribution in [0.15, 0.2) is 53.7 Å². The molecule has 0 saturated heterocycles. The molecule has 0 spiro atoms. The molecule has 1 N–H and O–H groups in total. The molecule has 3 rings (SSSR count). The maximum Gasteiger partial charge on any atom is 0.237 e. The van der Waals surface area contributed by atoms with E-state index in [4.69, 9.17) is 0 Å². The van der Waals surface area contributed by atoms with Crippen molar-refractivity contribution in [3.05, 3.63) is 59.7 Å². The van der Waals surface area contributed by atoms with Gasteiger partial charge in [0.05, 0.1) is 10.9 Å². The third-order valence-electron chi connectivity index (χ3n) is 3.94. The number of thioether (sulfide) groups is 1. The van der Waals surface area contributed by atoms with Crippen molar-refractivity contribution in [2.45, 2.75) is 31.2 Å². The van der Waals surface area contributed by atoms with E-state index in [0.29, 0.717) is 5.16 Å². The van der Waals surface area contributed by atoms with Gasteiger partial charge < -0.3 is 5.32 Å². The molecular formula is C18H19N5OS. The molecule has 1 unspecified atom stereocenters. The van der Waals surface area contributed by atoms with Crippen LogP contribution in [0.5, 0.6) is 0 Å². The fraction of sp³-hybridized carbons (Fsp3) is 0.222. The smallest absolute Gasteiger partial charge is 0.237 e. The lowest BCUT2D eigenvalue weighted by molar-refractivity contribution is -0.115.